The number of thiazole rings is 1. The van der Waals surface area contributed by atoms with E-state index in [0.29, 0.717) is 35.9 Å². The number of anilines is 1. The van der Waals surface area contributed by atoms with E-state index in [-0.39, 0.29) is 17.9 Å². The Labute approximate surface area is 196 Å². The Bertz CT molecular complexity index is 1120. The van der Waals surface area contributed by atoms with Crippen molar-refractivity contribution in [1.29, 1.82) is 0 Å². The quantitative estimate of drug-likeness (QED) is 0.500. The zero-order chi connectivity index (χ0) is 23.2. The summed E-state index contributed by atoms with van der Waals surface area (Å²) in [4.78, 5) is 30.8. The standard InChI is InChI=1S/C24H26N4O4S/c1-31-22-11-17(7-8-21(22)32-13-19-14-33-15-26-19)24(30)27-18-5-2-4-16(10-18)12-28-9-3-6-20(28)23(25)29/h2,4-5,7-8,10-11,14-15,20H,3,6,9,12-13H2,1H3,(H2,25,29)(H,27,30). The minimum Gasteiger partial charge on any atom is -0.493 e. The lowest BCUT2D eigenvalue weighted by atomic mass is 10.1. The van der Waals surface area contributed by atoms with Gasteiger partial charge in [-0.05, 0) is 55.3 Å². The van der Waals surface area contributed by atoms with Crippen LogP contribution in [0, 0.1) is 0 Å². The molecule has 172 valence electrons. The third-order valence-corrected chi connectivity index (χ3v) is 6.18. The zero-order valence-electron chi connectivity index (χ0n) is 18.3. The Morgan fingerprint density at radius 1 is 1.24 bits per heavy atom. The summed E-state index contributed by atoms with van der Waals surface area (Å²) in [6.45, 7) is 1.77. The van der Waals surface area contributed by atoms with Gasteiger partial charge in [-0.25, -0.2) is 4.98 Å². The molecule has 0 saturated carbocycles. The molecule has 1 aliphatic rings. The molecule has 1 saturated heterocycles. The van der Waals surface area contributed by atoms with E-state index in [2.05, 4.69) is 15.2 Å². The normalized spacial score (nSPS) is 15.8. The Morgan fingerprint density at radius 2 is 2.12 bits per heavy atom. The Balaban J connectivity index is 1.41. The maximum atomic E-state index is 12.8. The Hall–Kier alpha value is -3.43. The van der Waals surface area contributed by atoms with Gasteiger partial charge in [-0.3, -0.25) is 14.5 Å². The number of primary amides is 1. The van der Waals surface area contributed by atoms with Crippen LogP contribution in [0.2, 0.25) is 0 Å². The fourth-order valence-corrected chi connectivity index (χ4v) is 4.45. The third-order valence-electron chi connectivity index (χ3n) is 5.55. The molecular formula is C24H26N4O4S. The van der Waals surface area contributed by atoms with Gasteiger partial charge < -0.3 is 20.5 Å². The van der Waals surface area contributed by atoms with Crippen LogP contribution in [-0.2, 0) is 17.9 Å². The van der Waals surface area contributed by atoms with Crippen molar-refractivity contribution in [2.45, 2.75) is 32.0 Å². The molecule has 9 heteroatoms. The van der Waals surface area contributed by atoms with Crippen LogP contribution in [0.1, 0.15) is 34.5 Å². The highest BCUT2D eigenvalue weighted by molar-refractivity contribution is 7.07. The number of amides is 2. The minimum atomic E-state index is -0.287. The molecule has 0 spiro atoms. The monoisotopic (exact) mass is 466 g/mol. The smallest absolute Gasteiger partial charge is 0.255 e. The number of rotatable bonds is 9. The lowest BCUT2D eigenvalue weighted by Crippen LogP contribution is -2.39. The lowest BCUT2D eigenvalue weighted by molar-refractivity contribution is -0.122. The van der Waals surface area contributed by atoms with Crippen molar-refractivity contribution in [2.75, 3.05) is 19.0 Å². The molecule has 2 heterocycles. The number of carbonyl (C=O) groups is 2. The average molecular weight is 467 g/mol. The first-order valence-corrected chi connectivity index (χ1v) is 11.6. The van der Waals surface area contributed by atoms with Crippen LogP contribution in [0.5, 0.6) is 11.5 Å². The van der Waals surface area contributed by atoms with Crippen LogP contribution < -0.4 is 20.5 Å². The largest absolute Gasteiger partial charge is 0.493 e. The molecule has 1 atom stereocenters. The Morgan fingerprint density at radius 3 is 2.88 bits per heavy atom. The second-order valence-corrected chi connectivity index (χ2v) is 8.54. The summed E-state index contributed by atoms with van der Waals surface area (Å²) in [6.07, 6.45) is 1.74. The zero-order valence-corrected chi connectivity index (χ0v) is 19.1. The van der Waals surface area contributed by atoms with Crippen molar-refractivity contribution in [3.63, 3.8) is 0 Å². The van der Waals surface area contributed by atoms with Gasteiger partial charge in [-0.1, -0.05) is 12.1 Å². The molecule has 3 aromatic rings. The maximum absolute atomic E-state index is 12.8. The summed E-state index contributed by atoms with van der Waals surface area (Å²) < 4.78 is 11.2. The summed E-state index contributed by atoms with van der Waals surface area (Å²) in [6, 6.07) is 12.4. The lowest BCUT2D eigenvalue weighted by Gasteiger charge is -2.22. The molecule has 0 aliphatic carbocycles. The van der Waals surface area contributed by atoms with Crippen LogP contribution in [0.25, 0.3) is 0 Å². The molecule has 1 aliphatic heterocycles. The van der Waals surface area contributed by atoms with Crippen molar-refractivity contribution in [1.82, 2.24) is 9.88 Å². The second-order valence-electron chi connectivity index (χ2n) is 7.82. The molecule has 1 unspecified atom stereocenters. The molecular weight excluding hydrogens is 440 g/mol. The molecule has 1 aromatic heterocycles. The molecule has 2 amide bonds. The highest BCUT2D eigenvalue weighted by Gasteiger charge is 2.28. The fourth-order valence-electron chi connectivity index (χ4n) is 3.91. The first-order chi connectivity index (χ1) is 16.0. The summed E-state index contributed by atoms with van der Waals surface area (Å²) in [5, 5.41) is 4.85. The van der Waals surface area contributed by atoms with Crippen LogP contribution >= 0.6 is 11.3 Å². The first kappa shape index (κ1) is 22.8. The number of nitrogens with one attached hydrogen (secondary N) is 1. The molecule has 3 N–H and O–H groups in total. The predicted octanol–water partition coefficient (Wildman–Crippen LogP) is 3.43. The number of carbonyl (C=O) groups excluding carboxylic acids is 2. The van der Waals surface area contributed by atoms with Gasteiger partial charge in [0, 0.05) is 23.2 Å². The summed E-state index contributed by atoms with van der Waals surface area (Å²) in [5.74, 6) is 0.467. The number of likely N-dealkylation sites (tertiary alicyclic amines) is 1. The van der Waals surface area contributed by atoms with Crippen LogP contribution in [0.4, 0.5) is 5.69 Å². The van der Waals surface area contributed by atoms with E-state index in [4.69, 9.17) is 15.2 Å². The minimum absolute atomic E-state index is 0.230. The molecule has 33 heavy (non-hydrogen) atoms. The number of methoxy groups -OCH3 is 1. The average Bonchev–Trinajstić information content (AvgIpc) is 3.50. The molecule has 4 rings (SSSR count). The van der Waals surface area contributed by atoms with Gasteiger partial charge in [0.2, 0.25) is 5.91 Å². The van der Waals surface area contributed by atoms with Gasteiger partial charge in [0.1, 0.15) is 6.61 Å². The number of hydrogen-bond donors (Lipinski definition) is 2. The van der Waals surface area contributed by atoms with E-state index >= 15 is 0 Å². The number of hydrogen-bond acceptors (Lipinski definition) is 7. The van der Waals surface area contributed by atoms with Gasteiger partial charge in [0.25, 0.3) is 5.91 Å². The molecule has 1 fully saturated rings. The number of ether oxygens (including phenoxy) is 2. The highest BCUT2D eigenvalue weighted by atomic mass is 32.1. The van der Waals surface area contributed by atoms with Crippen LogP contribution in [0.15, 0.2) is 53.4 Å². The van der Waals surface area contributed by atoms with Gasteiger partial charge in [0.05, 0.1) is 24.4 Å². The highest BCUT2D eigenvalue weighted by Crippen LogP contribution is 2.29. The topological polar surface area (TPSA) is 107 Å². The third kappa shape index (κ3) is 5.68. The van der Waals surface area contributed by atoms with Crippen molar-refractivity contribution < 1.29 is 19.1 Å². The van der Waals surface area contributed by atoms with E-state index in [0.717, 1.165) is 30.6 Å². The van der Waals surface area contributed by atoms with Crippen LogP contribution in [-0.4, -0.2) is 41.4 Å². The van der Waals surface area contributed by atoms with Gasteiger partial charge in [0.15, 0.2) is 11.5 Å². The SMILES string of the molecule is COc1cc(C(=O)Nc2cccc(CN3CCCC3C(N)=O)c2)ccc1OCc1cscn1. The van der Waals surface area contributed by atoms with E-state index in [9.17, 15) is 9.59 Å². The molecule has 2 aromatic carbocycles. The van der Waals surface area contributed by atoms with Crippen molar-refractivity contribution >= 4 is 28.8 Å². The van der Waals surface area contributed by atoms with Crippen molar-refractivity contribution in [3.05, 3.63) is 70.2 Å². The number of benzene rings is 2. The van der Waals surface area contributed by atoms with Crippen molar-refractivity contribution in [2.24, 2.45) is 5.73 Å². The van der Waals surface area contributed by atoms with Crippen molar-refractivity contribution in [3.8, 4) is 11.5 Å². The molecule has 0 radical (unpaired) electrons. The van der Waals surface area contributed by atoms with Gasteiger partial charge in [-0.15, -0.1) is 11.3 Å². The summed E-state index contributed by atoms with van der Waals surface area (Å²) >= 11 is 1.50. The summed E-state index contributed by atoms with van der Waals surface area (Å²) in [5.41, 5.74) is 10.2. The summed E-state index contributed by atoms with van der Waals surface area (Å²) in [7, 11) is 1.54. The molecule has 8 nitrogen and oxygen atoms in total. The molecule has 0 bridgehead atoms. The van der Waals surface area contributed by atoms with E-state index in [1.54, 1.807) is 23.7 Å². The van der Waals surface area contributed by atoms with E-state index in [1.807, 2.05) is 29.6 Å². The second kappa shape index (κ2) is 10.5. The van der Waals surface area contributed by atoms with Gasteiger partial charge in [-0.2, -0.15) is 0 Å². The van der Waals surface area contributed by atoms with Gasteiger partial charge >= 0.3 is 0 Å². The number of nitrogens with two attached hydrogens (primary N) is 1. The van der Waals surface area contributed by atoms with E-state index < -0.39 is 0 Å². The maximum Gasteiger partial charge on any atom is 0.255 e. The van der Waals surface area contributed by atoms with E-state index in [1.165, 1.54) is 18.4 Å². The predicted molar refractivity (Wildman–Crippen MR) is 126 cm³/mol. The van der Waals surface area contributed by atoms with Crippen LogP contribution in [0.3, 0.4) is 0 Å². The Kier molecular flexibility index (Phi) is 7.21. The number of aromatic nitrogens is 1. The number of nitrogens with zero attached hydrogens (tertiary/aromatic N) is 2. The fraction of sp³-hybridized carbons (Fsp3) is 0.292. The first-order valence-electron chi connectivity index (χ1n) is 10.6.